The second kappa shape index (κ2) is 8.22. The van der Waals surface area contributed by atoms with Gasteiger partial charge in [0.25, 0.3) is 0 Å². The van der Waals surface area contributed by atoms with Gasteiger partial charge in [0.1, 0.15) is 0 Å². The molecule has 0 saturated carbocycles. The summed E-state index contributed by atoms with van der Waals surface area (Å²) in [6.07, 6.45) is 4.37. The Labute approximate surface area is 157 Å². The molecule has 1 aliphatic heterocycles. The maximum Gasteiger partial charge on any atom is 0.0447 e. The number of hydrogen-bond donors (Lipinski definition) is 1. The molecule has 0 unspecified atom stereocenters. The summed E-state index contributed by atoms with van der Waals surface area (Å²) in [5.41, 5.74) is 14.2. The Balaban J connectivity index is 1.77. The molecule has 3 nitrogen and oxygen atoms in total. The van der Waals surface area contributed by atoms with Crippen LogP contribution in [0.4, 0.5) is 5.69 Å². The minimum absolute atomic E-state index is 0.791. The normalized spacial score (nSPS) is 14.6. The van der Waals surface area contributed by atoms with Crippen LogP contribution >= 0.6 is 0 Å². The molecule has 2 N–H and O–H groups in total. The minimum Gasteiger partial charge on any atom is -0.399 e. The topological polar surface area (TPSA) is 42.1 Å². The van der Waals surface area contributed by atoms with E-state index in [-0.39, 0.29) is 0 Å². The van der Waals surface area contributed by atoms with Crippen molar-refractivity contribution in [3.05, 3.63) is 77.1 Å². The number of aryl methyl sites for hydroxylation is 1. The molecule has 0 radical (unpaired) electrons. The predicted molar refractivity (Wildman–Crippen MR) is 111 cm³/mol. The van der Waals surface area contributed by atoms with Gasteiger partial charge in [0.2, 0.25) is 0 Å². The molecule has 2 heterocycles. The summed E-state index contributed by atoms with van der Waals surface area (Å²) >= 11 is 0. The molecule has 1 aromatic carbocycles. The third-order valence-electron chi connectivity index (χ3n) is 5.08. The first-order valence-corrected chi connectivity index (χ1v) is 9.49. The molecule has 2 aromatic rings. The first-order valence-electron chi connectivity index (χ1n) is 9.49. The summed E-state index contributed by atoms with van der Waals surface area (Å²) in [6, 6.07) is 14.3. The summed E-state index contributed by atoms with van der Waals surface area (Å²) in [6.45, 7) is 10.6. The van der Waals surface area contributed by atoms with Crippen molar-refractivity contribution >= 4 is 11.4 Å². The molecular formula is C23H29N3. The van der Waals surface area contributed by atoms with Gasteiger partial charge < -0.3 is 10.6 Å². The molecular weight excluding hydrogens is 318 g/mol. The van der Waals surface area contributed by atoms with Crippen LogP contribution < -0.4 is 5.73 Å². The van der Waals surface area contributed by atoms with E-state index in [0.29, 0.717) is 0 Å². The van der Waals surface area contributed by atoms with E-state index < -0.39 is 0 Å². The lowest BCUT2D eigenvalue weighted by Crippen LogP contribution is -2.30. The van der Waals surface area contributed by atoms with Gasteiger partial charge in [-0.3, -0.25) is 4.98 Å². The number of pyridine rings is 1. The number of benzene rings is 1. The van der Waals surface area contributed by atoms with Gasteiger partial charge in [-0.15, -0.1) is 0 Å². The van der Waals surface area contributed by atoms with E-state index >= 15 is 0 Å². The Morgan fingerprint density at radius 3 is 2.62 bits per heavy atom. The zero-order valence-electron chi connectivity index (χ0n) is 16.0. The van der Waals surface area contributed by atoms with Crippen molar-refractivity contribution in [1.29, 1.82) is 0 Å². The summed E-state index contributed by atoms with van der Waals surface area (Å²) in [5.74, 6) is 0. The zero-order chi connectivity index (χ0) is 18.5. The number of anilines is 1. The second-order valence-corrected chi connectivity index (χ2v) is 7.14. The summed E-state index contributed by atoms with van der Waals surface area (Å²) in [5, 5.41) is 0. The van der Waals surface area contributed by atoms with Crippen molar-refractivity contribution in [2.24, 2.45) is 0 Å². The van der Waals surface area contributed by atoms with Crippen LogP contribution in [0.1, 0.15) is 43.1 Å². The van der Waals surface area contributed by atoms with Gasteiger partial charge in [-0.1, -0.05) is 49.3 Å². The standard InChI is InChI=1S/C23H29N3/c1-4-6-21-16-26(18(3)19-9-11-22(24)12-10-19)14-13-20(21)15-23-8-5-7-17(2)25-23/h5,7-12H,3-4,6,13-16,24H2,1-2H3. The highest BCUT2D eigenvalue weighted by atomic mass is 15.1. The van der Waals surface area contributed by atoms with E-state index in [4.69, 9.17) is 10.7 Å². The maximum atomic E-state index is 5.81. The lowest BCUT2D eigenvalue weighted by atomic mass is 9.92. The molecule has 0 saturated heterocycles. The third-order valence-corrected chi connectivity index (χ3v) is 5.08. The van der Waals surface area contributed by atoms with Crippen LogP contribution in [-0.2, 0) is 6.42 Å². The van der Waals surface area contributed by atoms with Crippen LogP contribution in [0.3, 0.4) is 0 Å². The Kier molecular flexibility index (Phi) is 5.77. The minimum atomic E-state index is 0.791. The zero-order valence-corrected chi connectivity index (χ0v) is 16.0. The Morgan fingerprint density at radius 2 is 1.92 bits per heavy atom. The van der Waals surface area contributed by atoms with Crippen molar-refractivity contribution in [2.45, 2.75) is 39.5 Å². The SMILES string of the molecule is C=C(c1ccc(N)cc1)N1CCC(Cc2cccc(C)n2)=C(CCC)C1. The van der Waals surface area contributed by atoms with Gasteiger partial charge in [0.15, 0.2) is 0 Å². The van der Waals surface area contributed by atoms with Gasteiger partial charge in [-0.25, -0.2) is 0 Å². The monoisotopic (exact) mass is 347 g/mol. The number of nitrogen functional groups attached to an aromatic ring is 1. The highest BCUT2D eigenvalue weighted by Gasteiger charge is 2.20. The highest BCUT2D eigenvalue weighted by Crippen LogP contribution is 2.29. The van der Waals surface area contributed by atoms with Crippen LogP contribution in [0.5, 0.6) is 0 Å². The Hall–Kier alpha value is -2.55. The largest absolute Gasteiger partial charge is 0.399 e. The lowest BCUT2D eigenvalue weighted by Gasteiger charge is -2.34. The summed E-state index contributed by atoms with van der Waals surface area (Å²) in [4.78, 5) is 7.10. The number of aromatic nitrogens is 1. The summed E-state index contributed by atoms with van der Waals surface area (Å²) in [7, 11) is 0. The molecule has 0 bridgehead atoms. The fourth-order valence-corrected chi connectivity index (χ4v) is 3.64. The molecule has 3 rings (SSSR count). The van der Waals surface area contributed by atoms with Crippen LogP contribution in [0, 0.1) is 6.92 Å². The molecule has 0 atom stereocenters. The van der Waals surface area contributed by atoms with Crippen molar-refractivity contribution in [2.75, 3.05) is 18.8 Å². The number of hydrogen-bond acceptors (Lipinski definition) is 3. The van der Waals surface area contributed by atoms with E-state index in [2.05, 4.69) is 55.7 Å². The molecule has 0 fully saturated rings. The fraction of sp³-hybridized carbons (Fsp3) is 0.348. The van der Waals surface area contributed by atoms with Crippen molar-refractivity contribution in [3.63, 3.8) is 0 Å². The van der Waals surface area contributed by atoms with E-state index in [1.807, 2.05) is 12.1 Å². The molecule has 1 aliphatic rings. The molecule has 26 heavy (non-hydrogen) atoms. The number of nitrogens with two attached hydrogens (primary N) is 1. The van der Waals surface area contributed by atoms with Gasteiger partial charge in [-0.2, -0.15) is 0 Å². The van der Waals surface area contributed by atoms with Crippen LogP contribution in [0.2, 0.25) is 0 Å². The molecule has 0 spiro atoms. The molecule has 0 aliphatic carbocycles. The van der Waals surface area contributed by atoms with Crippen molar-refractivity contribution < 1.29 is 0 Å². The quantitative estimate of drug-likeness (QED) is 0.591. The van der Waals surface area contributed by atoms with Crippen molar-refractivity contribution in [1.82, 2.24) is 9.88 Å². The average Bonchev–Trinajstić information content (AvgIpc) is 2.63. The maximum absolute atomic E-state index is 5.81. The van der Waals surface area contributed by atoms with E-state index in [1.54, 1.807) is 11.1 Å². The molecule has 1 aromatic heterocycles. The number of rotatable bonds is 6. The molecule has 136 valence electrons. The van der Waals surface area contributed by atoms with Crippen LogP contribution in [-0.4, -0.2) is 23.0 Å². The lowest BCUT2D eigenvalue weighted by molar-refractivity contribution is 0.400. The Morgan fingerprint density at radius 1 is 1.15 bits per heavy atom. The fourth-order valence-electron chi connectivity index (χ4n) is 3.64. The van der Waals surface area contributed by atoms with Gasteiger partial charge in [0, 0.05) is 42.3 Å². The van der Waals surface area contributed by atoms with Gasteiger partial charge in [0.05, 0.1) is 0 Å². The van der Waals surface area contributed by atoms with E-state index in [0.717, 1.165) is 55.0 Å². The Bertz CT molecular complexity index is 802. The molecule has 3 heteroatoms. The third kappa shape index (κ3) is 4.34. The summed E-state index contributed by atoms with van der Waals surface area (Å²) < 4.78 is 0. The first kappa shape index (κ1) is 18.2. The highest BCUT2D eigenvalue weighted by molar-refractivity contribution is 5.64. The average molecular weight is 348 g/mol. The number of nitrogens with zero attached hydrogens (tertiary/aromatic N) is 2. The smallest absolute Gasteiger partial charge is 0.0447 e. The van der Waals surface area contributed by atoms with Gasteiger partial charge in [-0.05, 0) is 49.6 Å². The molecule has 0 amide bonds. The predicted octanol–water partition coefficient (Wildman–Crippen LogP) is 4.99. The van der Waals surface area contributed by atoms with Crippen molar-refractivity contribution in [3.8, 4) is 0 Å². The first-order chi connectivity index (χ1) is 12.6. The van der Waals surface area contributed by atoms with Crippen LogP contribution in [0.15, 0.2) is 60.2 Å². The second-order valence-electron chi connectivity index (χ2n) is 7.14. The van der Waals surface area contributed by atoms with E-state index in [9.17, 15) is 0 Å². The van der Waals surface area contributed by atoms with E-state index in [1.165, 1.54) is 12.1 Å². The van der Waals surface area contributed by atoms with Crippen LogP contribution in [0.25, 0.3) is 5.70 Å². The van der Waals surface area contributed by atoms with Gasteiger partial charge >= 0.3 is 0 Å².